The molecule has 24 heavy (non-hydrogen) atoms. The molecule has 1 fully saturated rings. The van der Waals surface area contributed by atoms with Gasteiger partial charge in [0.05, 0.1) is 19.6 Å². The summed E-state index contributed by atoms with van der Waals surface area (Å²) in [7, 11) is 1.76. The van der Waals surface area contributed by atoms with E-state index in [1.165, 1.54) is 0 Å². The van der Waals surface area contributed by atoms with Crippen LogP contribution in [-0.4, -0.2) is 56.7 Å². The summed E-state index contributed by atoms with van der Waals surface area (Å²) in [5.74, 6) is -0.159. The van der Waals surface area contributed by atoms with Gasteiger partial charge in [-0.05, 0) is 6.92 Å². The fourth-order valence-electron chi connectivity index (χ4n) is 2.86. The van der Waals surface area contributed by atoms with E-state index >= 15 is 0 Å². The van der Waals surface area contributed by atoms with Crippen molar-refractivity contribution in [3.63, 3.8) is 0 Å². The van der Waals surface area contributed by atoms with Crippen LogP contribution >= 0.6 is 11.6 Å². The van der Waals surface area contributed by atoms with E-state index in [4.69, 9.17) is 26.0 Å². The van der Waals surface area contributed by atoms with E-state index < -0.39 is 5.97 Å². The SMILES string of the molecule is Cc1cc(-c2nn(C)c(Cl)c2CN2CCOCC2CC(=O)O)no1. The first-order valence-corrected chi connectivity index (χ1v) is 8.02. The molecule has 1 unspecified atom stereocenters. The van der Waals surface area contributed by atoms with Crippen molar-refractivity contribution in [3.8, 4) is 11.4 Å². The van der Waals surface area contributed by atoms with Crippen LogP contribution in [0.2, 0.25) is 5.15 Å². The fourth-order valence-corrected chi connectivity index (χ4v) is 3.05. The van der Waals surface area contributed by atoms with Crippen LogP contribution in [0.3, 0.4) is 0 Å². The molecule has 0 bridgehead atoms. The lowest BCUT2D eigenvalue weighted by Gasteiger charge is -2.34. The molecule has 1 saturated heterocycles. The molecule has 0 amide bonds. The number of aliphatic carboxylic acids is 1. The third kappa shape index (κ3) is 3.45. The molecule has 0 aromatic carbocycles. The lowest BCUT2D eigenvalue weighted by Crippen LogP contribution is -2.45. The number of morpholine rings is 1. The summed E-state index contributed by atoms with van der Waals surface area (Å²) < 4.78 is 12.1. The molecule has 2 aromatic heterocycles. The van der Waals surface area contributed by atoms with E-state index in [9.17, 15) is 4.79 Å². The maximum atomic E-state index is 11.1. The Morgan fingerprint density at radius 3 is 3.00 bits per heavy atom. The molecule has 3 rings (SSSR count). The highest BCUT2D eigenvalue weighted by Gasteiger charge is 2.28. The Hall–Kier alpha value is -1.90. The average molecular weight is 355 g/mol. The van der Waals surface area contributed by atoms with Crippen LogP contribution in [0.25, 0.3) is 11.4 Å². The zero-order chi connectivity index (χ0) is 17.3. The van der Waals surface area contributed by atoms with Gasteiger partial charge in [-0.3, -0.25) is 14.4 Å². The quantitative estimate of drug-likeness (QED) is 0.873. The van der Waals surface area contributed by atoms with Crippen LogP contribution in [0.1, 0.15) is 17.7 Å². The summed E-state index contributed by atoms with van der Waals surface area (Å²) in [4.78, 5) is 13.1. The van der Waals surface area contributed by atoms with E-state index in [1.54, 1.807) is 17.8 Å². The maximum Gasteiger partial charge on any atom is 0.305 e. The summed E-state index contributed by atoms with van der Waals surface area (Å²) in [5.41, 5.74) is 2.08. The van der Waals surface area contributed by atoms with Crippen molar-refractivity contribution in [2.24, 2.45) is 7.05 Å². The highest BCUT2D eigenvalue weighted by Crippen LogP contribution is 2.30. The lowest BCUT2D eigenvalue weighted by molar-refractivity contribution is -0.140. The second-order valence-electron chi connectivity index (χ2n) is 5.86. The van der Waals surface area contributed by atoms with Crippen molar-refractivity contribution < 1.29 is 19.2 Å². The van der Waals surface area contributed by atoms with Crippen molar-refractivity contribution in [1.82, 2.24) is 19.8 Å². The minimum atomic E-state index is -0.847. The van der Waals surface area contributed by atoms with Gasteiger partial charge in [0, 0.05) is 37.8 Å². The van der Waals surface area contributed by atoms with E-state index in [0.29, 0.717) is 48.6 Å². The number of carbonyl (C=O) groups is 1. The van der Waals surface area contributed by atoms with E-state index in [2.05, 4.69) is 15.2 Å². The molecule has 9 heteroatoms. The molecule has 0 radical (unpaired) electrons. The molecular weight excluding hydrogens is 336 g/mol. The van der Waals surface area contributed by atoms with Gasteiger partial charge in [-0.1, -0.05) is 16.8 Å². The molecule has 1 atom stereocenters. The molecule has 8 nitrogen and oxygen atoms in total. The summed E-state index contributed by atoms with van der Waals surface area (Å²) >= 11 is 6.41. The van der Waals surface area contributed by atoms with E-state index in [0.717, 1.165) is 5.56 Å². The van der Waals surface area contributed by atoms with Gasteiger partial charge < -0.3 is 14.4 Å². The Labute approximate surface area is 143 Å². The van der Waals surface area contributed by atoms with Gasteiger partial charge in [0.25, 0.3) is 0 Å². The van der Waals surface area contributed by atoms with Crippen LogP contribution in [0, 0.1) is 6.92 Å². The fraction of sp³-hybridized carbons (Fsp3) is 0.533. The van der Waals surface area contributed by atoms with Gasteiger partial charge in [0.1, 0.15) is 22.3 Å². The molecular formula is C15H19ClN4O4. The highest BCUT2D eigenvalue weighted by molar-refractivity contribution is 6.30. The van der Waals surface area contributed by atoms with Crippen molar-refractivity contribution >= 4 is 17.6 Å². The molecule has 0 aliphatic carbocycles. The largest absolute Gasteiger partial charge is 0.481 e. The third-order valence-corrected chi connectivity index (χ3v) is 4.53. The number of nitrogens with zero attached hydrogens (tertiary/aromatic N) is 4. The van der Waals surface area contributed by atoms with Gasteiger partial charge in [-0.25, -0.2) is 0 Å². The zero-order valence-corrected chi connectivity index (χ0v) is 14.3. The summed E-state index contributed by atoms with van der Waals surface area (Å²) in [6.45, 7) is 3.89. The van der Waals surface area contributed by atoms with Crippen LogP contribution in [0.4, 0.5) is 0 Å². The molecule has 1 aliphatic rings. The summed E-state index contributed by atoms with van der Waals surface area (Å²) in [5, 5.41) is 18.1. The smallest absolute Gasteiger partial charge is 0.305 e. The monoisotopic (exact) mass is 354 g/mol. The van der Waals surface area contributed by atoms with E-state index in [-0.39, 0.29) is 12.5 Å². The topological polar surface area (TPSA) is 93.6 Å². The average Bonchev–Trinajstić information content (AvgIpc) is 3.07. The first kappa shape index (κ1) is 16.9. The van der Waals surface area contributed by atoms with Crippen molar-refractivity contribution in [2.45, 2.75) is 25.9 Å². The Bertz CT molecular complexity index is 742. The van der Waals surface area contributed by atoms with Crippen LogP contribution in [0.5, 0.6) is 0 Å². The Morgan fingerprint density at radius 2 is 2.33 bits per heavy atom. The predicted octanol–water partition coefficient (Wildman–Crippen LogP) is 1.71. The minimum absolute atomic E-state index is 0.0241. The lowest BCUT2D eigenvalue weighted by atomic mass is 10.1. The van der Waals surface area contributed by atoms with Crippen molar-refractivity contribution in [2.75, 3.05) is 19.8 Å². The van der Waals surface area contributed by atoms with E-state index in [1.807, 2.05) is 6.92 Å². The first-order chi connectivity index (χ1) is 11.5. The second-order valence-corrected chi connectivity index (χ2v) is 6.22. The number of halogens is 1. The number of carboxylic acid groups (broad SMARTS) is 1. The number of aryl methyl sites for hydroxylation is 2. The van der Waals surface area contributed by atoms with Gasteiger partial charge in [0.2, 0.25) is 0 Å². The Morgan fingerprint density at radius 1 is 1.54 bits per heavy atom. The summed E-state index contributed by atoms with van der Waals surface area (Å²) in [6.07, 6.45) is 0.0241. The summed E-state index contributed by atoms with van der Waals surface area (Å²) in [6, 6.07) is 1.61. The third-order valence-electron chi connectivity index (χ3n) is 4.06. The highest BCUT2D eigenvalue weighted by atomic mass is 35.5. The van der Waals surface area contributed by atoms with Gasteiger partial charge in [0.15, 0.2) is 0 Å². The van der Waals surface area contributed by atoms with Crippen molar-refractivity contribution in [3.05, 3.63) is 22.5 Å². The van der Waals surface area contributed by atoms with Gasteiger partial charge in [-0.2, -0.15) is 5.10 Å². The molecule has 1 aliphatic heterocycles. The number of hydrogen-bond donors (Lipinski definition) is 1. The Kier molecular flexibility index (Phi) is 4.88. The molecule has 0 spiro atoms. The van der Waals surface area contributed by atoms with Crippen LogP contribution < -0.4 is 0 Å². The molecule has 1 N–H and O–H groups in total. The number of aromatic nitrogens is 3. The number of hydrogen-bond acceptors (Lipinski definition) is 6. The number of rotatable bonds is 5. The normalized spacial score (nSPS) is 18.9. The van der Waals surface area contributed by atoms with Gasteiger partial charge in [-0.15, -0.1) is 0 Å². The second kappa shape index (κ2) is 6.92. The predicted molar refractivity (Wildman–Crippen MR) is 85.7 cm³/mol. The van der Waals surface area contributed by atoms with Gasteiger partial charge >= 0.3 is 5.97 Å². The number of carboxylic acids is 1. The zero-order valence-electron chi connectivity index (χ0n) is 13.5. The molecule has 2 aromatic rings. The number of ether oxygens (including phenoxy) is 1. The molecule has 3 heterocycles. The van der Waals surface area contributed by atoms with Crippen LogP contribution in [0.15, 0.2) is 10.6 Å². The van der Waals surface area contributed by atoms with Crippen molar-refractivity contribution in [1.29, 1.82) is 0 Å². The molecule has 0 saturated carbocycles. The Balaban J connectivity index is 1.89. The molecule has 130 valence electrons. The first-order valence-electron chi connectivity index (χ1n) is 7.64. The standard InChI is InChI=1S/C15H19ClN4O4/c1-9-5-12(18-24-9)14-11(15(16)19(2)17-14)7-20-3-4-23-8-10(20)6-13(21)22/h5,10H,3-4,6-8H2,1-2H3,(H,21,22). The van der Waals surface area contributed by atoms with Crippen LogP contribution in [-0.2, 0) is 23.1 Å². The maximum absolute atomic E-state index is 11.1. The minimum Gasteiger partial charge on any atom is -0.481 e.